The Balaban J connectivity index is 2.14. The smallest absolute Gasteiger partial charge is 0.306 e. The van der Waals surface area contributed by atoms with Crippen LogP contribution >= 0.6 is 0 Å². The number of carbonyl (C=O) groups is 2. The Morgan fingerprint density at radius 3 is 2.65 bits per heavy atom. The Morgan fingerprint density at radius 2 is 2.12 bits per heavy atom. The number of carboxylic acid groups (broad SMARTS) is 1. The lowest BCUT2D eigenvalue weighted by Gasteiger charge is -2.41. The molecule has 1 fully saturated rings. The third-order valence-electron chi connectivity index (χ3n) is 3.24. The molecule has 0 radical (unpaired) electrons. The highest BCUT2D eigenvalue weighted by Gasteiger charge is 2.36. The van der Waals surface area contributed by atoms with Crippen molar-refractivity contribution in [2.24, 2.45) is 11.8 Å². The normalized spacial score (nSPS) is 17.6. The topological polar surface area (TPSA) is 66.8 Å². The van der Waals surface area contributed by atoms with Crippen LogP contribution in [0.25, 0.3) is 0 Å². The summed E-state index contributed by atoms with van der Waals surface area (Å²) in [6.45, 7) is 6.09. The molecule has 0 spiro atoms. The number of likely N-dealkylation sites (tertiary alicyclic amines) is 1. The molecule has 1 unspecified atom stereocenters. The average molecular weight is 243 g/mol. The van der Waals surface area contributed by atoms with Gasteiger partial charge in [0.05, 0.1) is 5.92 Å². The van der Waals surface area contributed by atoms with E-state index in [1.54, 1.807) is 11.8 Å². The van der Waals surface area contributed by atoms with Gasteiger partial charge in [0.15, 0.2) is 0 Å². The van der Waals surface area contributed by atoms with Crippen LogP contribution in [0.2, 0.25) is 0 Å². The van der Waals surface area contributed by atoms with Crippen molar-refractivity contribution >= 4 is 11.9 Å². The largest absolute Gasteiger partial charge is 0.481 e. The number of hydrogen-bond donors (Lipinski definition) is 1. The van der Waals surface area contributed by atoms with E-state index in [4.69, 9.17) is 9.84 Å². The molecule has 1 rings (SSSR count). The first kappa shape index (κ1) is 14.0. The van der Waals surface area contributed by atoms with Crippen LogP contribution in [0, 0.1) is 11.8 Å². The molecule has 0 aromatic heterocycles. The second-order valence-electron chi connectivity index (χ2n) is 4.49. The van der Waals surface area contributed by atoms with E-state index in [0.717, 1.165) is 6.42 Å². The quantitative estimate of drug-likeness (QED) is 0.677. The Labute approximate surface area is 102 Å². The second-order valence-corrected chi connectivity index (χ2v) is 4.49. The molecule has 0 aromatic carbocycles. The standard InChI is InChI=1S/C12H21NO4/c1-3-17-6-4-5-11(14)13-7-10(8-13)9(2)12(15)16/h9-10H,3-8H2,1-2H3,(H,15,16). The molecule has 1 N–H and O–H groups in total. The summed E-state index contributed by atoms with van der Waals surface area (Å²) in [5.41, 5.74) is 0. The summed E-state index contributed by atoms with van der Waals surface area (Å²) in [6, 6.07) is 0. The number of aliphatic carboxylic acids is 1. The van der Waals surface area contributed by atoms with Crippen molar-refractivity contribution in [2.75, 3.05) is 26.3 Å². The molecule has 1 atom stereocenters. The summed E-state index contributed by atoms with van der Waals surface area (Å²) < 4.78 is 5.16. The van der Waals surface area contributed by atoms with Gasteiger partial charge in [-0.05, 0) is 13.3 Å². The summed E-state index contributed by atoms with van der Waals surface area (Å²) in [4.78, 5) is 24.1. The maximum absolute atomic E-state index is 11.6. The number of nitrogens with zero attached hydrogens (tertiary/aromatic N) is 1. The zero-order valence-corrected chi connectivity index (χ0v) is 10.5. The fourth-order valence-corrected chi connectivity index (χ4v) is 1.86. The molecule has 5 heteroatoms. The lowest BCUT2D eigenvalue weighted by Crippen LogP contribution is -2.53. The summed E-state index contributed by atoms with van der Waals surface area (Å²) >= 11 is 0. The van der Waals surface area contributed by atoms with Crippen molar-refractivity contribution < 1.29 is 19.4 Å². The predicted molar refractivity (Wildman–Crippen MR) is 62.6 cm³/mol. The molecule has 0 bridgehead atoms. The van der Waals surface area contributed by atoms with E-state index in [2.05, 4.69) is 0 Å². The minimum atomic E-state index is -0.779. The van der Waals surface area contributed by atoms with Crippen molar-refractivity contribution in [1.82, 2.24) is 4.90 Å². The molecule has 98 valence electrons. The van der Waals surface area contributed by atoms with Gasteiger partial charge in [0.1, 0.15) is 0 Å². The van der Waals surface area contributed by atoms with E-state index < -0.39 is 5.97 Å². The fourth-order valence-electron chi connectivity index (χ4n) is 1.86. The Kier molecular flexibility index (Phi) is 5.41. The van der Waals surface area contributed by atoms with Crippen molar-refractivity contribution in [2.45, 2.75) is 26.7 Å². The highest BCUT2D eigenvalue weighted by Crippen LogP contribution is 2.24. The lowest BCUT2D eigenvalue weighted by atomic mass is 9.87. The van der Waals surface area contributed by atoms with Gasteiger partial charge in [-0.2, -0.15) is 0 Å². The van der Waals surface area contributed by atoms with Crippen LogP contribution in [-0.2, 0) is 14.3 Å². The molecular weight excluding hydrogens is 222 g/mol. The van der Waals surface area contributed by atoms with Crippen LogP contribution in [0.1, 0.15) is 26.7 Å². The van der Waals surface area contributed by atoms with Gasteiger partial charge in [-0.1, -0.05) is 6.92 Å². The number of carboxylic acids is 1. The molecule has 17 heavy (non-hydrogen) atoms. The van der Waals surface area contributed by atoms with Gasteiger partial charge in [0.25, 0.3) is 0 Å². The third kappa shape index (κ3) is 4.00. The van der Waals surface area contributed by atoms with E-state index in [9.17, 15) is 9.59 Å². The Morgan fingerprint density at radius 1 is 1.47 bits per heavy atom. The number of carbonyl (C=O) groups excluding carboxylic acids is 1. The predicted octanol–water partition coefficient (Wildman–Crippen LogP) is 0.982. The monoisotopic (exact) mass is 243 g/mol. The minimum absolute atomic E-state index is 0.110. The maximum Gasteiger partial charge on any atom is 0.306 e. The molecule has 1 aliphatic heterocycles. The van der Waals surface area contributed by atoms with Gasteiger partial charge >= 0.3 is 5.97 Å². The van der Waals surface area contributed by atoms with Crippen molar-refractivity contribution in [3.05, 3.63) is 0 Å². The van der Waals surface area contributed by atoms with E-state index in [-0.39, 0.29) is 17.7 Å². The molecule has 5 nitrogen and oxygen atoms in total. The summed E-state index contributed by atoms with van der Waals surface area (Å²) in [6.07, 6.45) is 1.23. The first-order valence-corrected chi connectivity index (χ1v) is 6.14. The lowest BCUT2D eigenvalue weighted by molar-refractivity contribution is -0.150. The summed E-state index contributed by atoms with van der Waals surface area (Å²) in [7, 11) is 0. The van der Waals surface area contributed by atoms with Crippen LogP contribution < -0.4 is 0 Å². The SMILES string of the molecule is CCOCCCC(=O)N1CC(C(C)C(=O)O)C1. The molecule has 1 aliphatic rings. The van der Waals surface area contributed by atoms with Crippen molar-refractivity contribution in [3.63, 3.8) is 0 Å². The van der Waals surface area contributed by atoms with Gasteiger partial charge in [-0.15, -0.1) is 0 Å². The molecule has 0 saturated carbocycles. The van der Waals surface area contributed by atoms with Crippen LogP contribution in [0.4, 0.5) is 0 Å². The summed E-state index contributed by atoms with van der Waals surface area (Å²) in [5.74, 6) is -0.914. The number of rotatable bonds is 7. The molecule has 1 heterocycles. The van der Waals surface area contributed by atoms with Gasteiger partial charge in [-0.25, -0.2) is 0 Å². The Bertz CT molecular complexity index is 274. The fraction of sp³-hybridized carbons (Fsp3) is 0.833. The second kappa shape index (κ2) is 6.59. The zero-order chi connectivity index (χ0) is 12.8. The molecule has 0 aliphatic carbocycles. The van der Waals surface area contributed by atoms with Crippen molar-refractivity contribution in [3.8, 4) is 0 Å². The maximum atomic E-state index is 11.6. The van der Waals surface area contributed by atoms with Gasteiger partial charge in [-0.3, -0.25) is 9.59 Å². The molecule has 0 aromatic rings. The van der Waals surface area contributed by atoms with Gasteiger partial charge in [0.2, 0.25) is 5.91 Å². The third-order valence-corrected chi connectivity index (χ3v) is 3.24. The zero-order valence-electron chi connectivity index (χ0n) is 10.5. The summed E-state index contributed by atoms with van der Waals surface area (Å²) in [5, 5.41) is 8.82. The number of ether oxygens (including phenoxy) is 1. The van der Waals surface area contributed by atoms with E-state index >= 15 is 0 Å². The molecule has 1 amide bonds. The minimum Gasteiger partial charge on any atom is -0.481 e. The molecule has 1 saturated heterocycles. The van der Waals surface area contributed by atoms with Crippen molar-refractivity contribution in [1.29, 1.82) is 0 Å². The average Bonchev–Trinajstić information content (AvgIpc) is 2.22. The van der Waals surface area contributed by atoms with E-state index in [1.807, 2.05) is 6.92 Å². The first-order valence-electron chi connectivity index (χ1n) is 6.14. The van der Waals surface area contributed by atoms with Gasteiger partial charge < -0.3 is 14.7 Å². The van der Waals surface area contributed by atoms with Gasteiger partial charge in [0, 0.05) is 38.6 Å². The van der Waals surface area contributed by atoms with Crippen LogP contribution in [0.15, 0.2) is 0 Å². The van der Waals surface area contributed by atoms with Crippen LogP contribution in [0.3, 0.4) is 0 Å². The highest BCUT2D eigenvalue weighted by molar-refractivity contribution is 5.77. The van der Waals surface area contributed by atoms with Crippen LogP contribution in [-0.4, -0.2) is 48.2 Å². The number of hydrogen-bond acceptors (Lipinski definition) is 3. The first-order chi connectivity index (χ1) is 8.06. The number of amides is 1. The molecular formula is C12H21NO4. The Hall–Kier alpha value is -1.10. The van der Waals surface area contributed by atoms with E-state index in [0.29, 0.717) is 32.7 Å². The van der Waals surface area contributed by atoms with Crippen LogP contribution in [0.5, 0.6) is 0 Å². The highest BCUT2D eigenvalue weighted by atomic mass is 16.5. The van der Waals surface area contributed by atoms with E-state index in [1.165, 1.54) is 0 Å².